The Morgan fingerprint density at radius 2 is 0.771 bits per heavy atom. The molecule has 12 aromatic rings. The highest BCUT2D eigenvalue weighted by molar-refractivity contribution is 5.83. The van der Waals surface area contributed by atoms with Gasteiger partial charge in [-0.2, -0.15) is 31.4 Å². The molecule has 0 radical (unpaired) electrons. The minimum absolute atomic E-state index is 0.0441. The van der Waals surface area contributed by atoms with Crippen molar-refractivity contribution in [1.82, 2.24) is 0 Å². The number of aryl methyl sites for hydroxylation is 8. The van der Waals surface area contributed by atoms with Gasteiger partial charge in [-0.15, -0.1) is 0 Å². The zero-order valence-electron chi connectivity index (χ0n) is 59.9. The lowest BCUT2D eigenvalue weighted by Gasteiger charge is -2.28. The van der Waals surface area contributed by atoms with Gasteiger partial charge in [0.05, 0.1) is 5.41 Å². The molecule has 0 amide bonds. The Morgan fingerprint density at radius 1 is 0.354 bits per heavy atom. The van der Waals surface area contributed by atoms with E-state index in [2.05, 4.69) is 285 Å². The van der Waals surface area contributed by atoms with Crippen molar-refractivity contribution in [2.45, 2.75) is 141 Å². The molecular weight excluding hydrogens is 1180 g/mol. The quantitative estimate of drug-likeness (QED) is 0.121. The summed E-state index contributed by atoms with van der Waals surface area (Å²) in [6.07, 6.45) is 4.73. The van der Waals surface area contributed by atoms with Gasteiger partial charge in [-0.3, -0.25) is 0 Å². The first kappa shape index (κ1) is 70.0. The molecule has 4 nitrogen and oxygen atoms in total. The number of rotatable bonds is 10. The van der Waals surface area contributed by atoms with Crippen LogP contribution in [0.4, 0.5) is 13.2 Å². The Hall–Kier alpha value is -8.81. The number of pyridine rings is 4. The van der Waals surface area contributed by atoms with Crippen molar-refractivity contribution in [3.05, 3.63) is 263 Å². The van der Waals surface area contributed by atoms with E-state index in [1.54, 1.807) is 6.07 Å². The van der Waals surface area contributed by atoms with Crippen molar-refractivity contribution in [3.8, 4) is 45.0 Å². The van der Waals surface area contributed by atoms with E-state index in [1.165, 1.54) is 146 Å². The molecule has 4 heterocycles. The zero-order chi connectivity index (χ0) is 68.9. The molecule has 13 rings (SSSR count). The minimum Gasteiger partial charge on any atom is -0.194 e. The predicted octanol–water partition coefficient (Wildman–Crippen LogP) is 21.6. The predicted molar refractivity (Wildman–Crippen MR) is 397 cm³/mol. The highest BCUT2D eigenvalue weighted by Gasteiger charge is 2.47. The number of aromatic nitrogens is 4. The topological polar surface area (TPSA) is 15.5 Å². The molecule has 96 heavy (non-hydrogen) atoms. The molecule has 0 unspecified atom stereocenters. The van der Waals surface area contributed by atoms with Crippen molar-refractivity contribution in [2.75, 3.05) is 0 Å². The molecule has 1 aliphatic rings. The number of nitrogens with zero attached hydrogens (tertiary/aromatic N) is 4. The first-order valence-corrected chi connectivity index (χ1v) is 34.5. The van der Waals surface area contributed by atoms with Crippen LogP contribution in [-0.4, -0.2) is 6.18 Å². The van der Waals surface area contributed by atoms with Gasteiger partial charge in [-0.25, -0.2) is 0 Å². The van der Waals surface area contributed by atoms with Crippen LogP contribution in [0.3, 0.4) is 0 Å². The van der Waals surface area contributed by atoms with Crippen LogP contribution in [0, 0.1) is 49.9 Å². The number of alkyl halides is 3. The summed E-state index contributed by atoms with van der Waals surface area (Å²) in [5.74, 6) is 0.855. The van der Waals surface area contributed by atoms with Crippen LogP contribution in [0.15, 0.2) is 218 Å². The van der Waals surface area contributed by atoms with Gasteiger partial charge in [0.2, 0.25) is 44.8 Å². The number of hydrogen-bond acceptors (Lipinski definition) is 0. The van der Waals surface area contributed by atoms with E-state index in [1.807, 2.05) is 43.4 Å². The average molecular weight is 1280 g/mol. The number of para-hydroxylation sites is 1. The Morgan fingerprint density at radius 3 is 1.30 bits per heavy atom. The second kappa shape index (κ2) is 29.3. The third kappa shape index (κ3) is 16.3. The van der Waals surface area contributed by atoms with E-state index >= 15 is 0 Å². The van der Waals surface area contributed by atoms with Crippen molar-refractivity contribution in [2.24, 2.45) is 50.4 Å². The molecule has 8 aromatic carbocycles. The highest BCUT2D eigenvalue weighted by Crippen LogP contribution is 2.42. The maximum Gasteiger partial charge on any atom is 0.394 e. The number of benzene rings is 8. The van der Waals surface area contributed by atoms with Crippen molar-refractivity contribution < 1.29 is 31.4 Å². The Balaban J connectivity index is 0.000000139. The van der Waals surface area contributed by atoms with Gasteiger partial charge in [-0.05, 0) is 176 Å². The number of hydrogen-bond donors (Lipinski definition) is 0. The summed E-state index contributed by atoms with van der Waals surface area (Å²) in [4.78, 5) is 0. The van der Waals surface area contributed by atoms with Gasteiger partial charge in [0, 0.05) is 91.8 Å². The largest absolute Gasteiger partial charge is 0.394 e. The first-order valence-electron chi connectivity index (χ1n) is 34.5. The van der Waals surface area contributed by atoms with Crippen LogP contribution in [0.1, 0.15) is 126 Å². The minimum atomic E-state index is -4.24. The van der Waals surface area contributed by atoms with Gasteiger partial charge in [-0.1, -0.05) is 190 Å². The van der Waals surface area contributed by atoms with E-state index in [0.717, 1.165) is 52.0 Å². The smallest absolute Gasteiger partial charge is 0.194 e. The van der Waals surface area contributed by atoms with Gasteiger partial charge >= 0.3 is 6.18 Å². The molecule has 0 atom stereocenters. The fourth-order valence-electron chi connectivity index (χ4n) is 14.3. The lowest BCUT2D eigenvalue weighted by atomic mass is 9.84. The van der Waals surface area contributed by atoms with Crippen LogP contribution in [-0.2, 0) is 53.9 Å². The van der Waals surface area contributed by atoms with Gasteiger partial charge in [0.25, 0.3) is 0 Å². The zero-order valence-corrected chi connectivity index (χ0v) is 59.9. The second-order valence-corrected chi connectivity index (χ2v) is 30.3. The molecule has 494 valence electrons. The van der Waals surface area contributed by atoms with Gasteiger partial charge in [0.15, 0.2) is 0 Å². The highest BCUT2D eigenvalue weighted by atomic mass is 19.4. The molecule has 0 aliphatic heterocycles. The monoisotopic (exact) mass is 1280 g/mol. The summed E-state index contributed by atoms with van der Waals surface area (Å²) in [6.45, 7) is 24.9. The second-order valence-electron chi connectivity index (χ2n) is 30.3. The summed E-state index contributed by atoms with van der Waals surface area (Å²) >= 11 is 0. The molecule has 1 fully saturated rings. The summed E-state index contributed by atoms with van der Waals surface area (Å²) in [7, 11) is 8.52. The van der Waals surface area contributed by atoms with Crippen LogP contribution in [0.25, 0.3) is 88.6 Å². The third-order valence-corrected chi connectivity index (χ3v) is 19.6. The summed E-state index contributed by atoms with van der Waals surface area (Å²) in [6, 6.07) is 77.5. The van der Waals surface area contributed by atoms with Crippen LogP contribution < -0.4 is 18.3 Å². The standard InChI is InChI=1S/C23H26N.C22H23F3N.2C22H26N/c1-17-9-3-7-13-21(17)23-20(15-18-10-4-5-11-18)16-19-12-6-8-14-22(19)24(23)2;1-15-8-5-6-10-17(15)20-13-12-18-16(9-7-11-19(18)26(20)4)14-21(2,3)22(23,24)25;1-16-8-6-7-9-19(16)21-13-11-18-14-17(15-22(2,3)4)10-12-20(18)23(21)5;1-16-8-6-7-9-19(16)20-13-12-18-11-10-17(15-22(2,3)4)14-21(18)23(20)5/h3,6-9,12-14,16,18H,4-5,10-11,15H2,1-2H3;5-13H,14H2,1-4H3;2*6-14H,15H2,1-5H3/q4*+1. The number of halogens is 3. The van der Waals surface area contributed by atoms with Crippen molar-refractivity contribution in [1.29, 1.82) is 0 Å². The van der Waals surface area contributed by atoms with E-state index in [9.17, 15) is 13.2 Å². The van der Waals surface area contributed by atoms with Gasteiger partial charge < -0.3 is 0 Å². The van der Waals surface area contributed by atoms with Gasteiger partial charge in [0.1, 0.15) is 28.2 Å². The van der Waals surface area contributed by atoms with Crippen LogP contribution in [0.5, 0.6) is 0 Å². The Bertz CT molecular complexity index is 4740. The van der Waals surface area contributed by atoms with Crippen molar-refractivity contribution in [3.63, 3.8) is 0 Å². The molecule has 0 spiro atoms. The lowest BCUT2D eigenvalue weighted by molar-refractivity contribution is -0.634. The van der Waals surface area contributed by atoms with Crippen molar-refractivity contribution >= 4 is 43.6 Å². The molecule has 0 saturated heterocycles. The lowest BCUT2D eigenvalue weighted by Crippen LogP contribution is -2.35. The average Bonchev–Trinajstić information content (AvgIpc) is 0.831. The van der Waals surface area contributed by atoms with E-state index < -0.39 is 11.6 Å². The summed E-state index contributed by atoms with van der Waals surface area (Å²) in [5.41, 5.74) is 23.9. The Labute approximate surface area is 570 Å². The maximum atomic E-state index is 13.3. The molecule has 7 heteroatoms. The van der Waals surface area contributed by atoms with E-state index in [0.29, 0.717) is 10.8 Å². The summed E-state index contributed by atoms with van der Waals surface area (Å²) in [5, 5.41) is 4.82. The first-order chi connectivity index (χ1) is 45.6. The SMILES string of the molecule is Cc1ccccc1-c1c(CC2CCCC2)cc2ccccc2[n+]1C.Cc1ccccc1-c1ccc2c(CC(C)(C)C(F)(F)F)cccc2[n+]1C.Cc1ccccc1-c1ccc2cc(CC(C)(C)C)ccc2[n+]1C.Cc1ccccc1-c1ccc2ccc(CC(C)(C)C)cc2[n+]1C. The molecule has 0 bridgehead atoms. The van der Waals surface area contributed by atoms with E-state index in [4.69, 9.17) is 0 Å². The summed E-state index contributed by atoms with van der Waals surface area (Å²) < 4.78 is 49.1. The normalized spacial score (nSPS) is 12.9. The van der Waals surface area contributed by atoms with Crippen LogP contribution >= 0.6 is 0 Å². The molecule has 4 aromatic heterocycles. The molecule has 1 aliphatic carbocycles. The third-order valence-electron chi connectivity index (χ3n) is 19.6. The maximum absolute atomic E-state index is 13.3. The Kier molecular flexibility index (Phi) is 21.3. The molecular formula is C89H101F3N4+4. The fourth-order valence-corrected chi connectivity index (χ4v) is 14.3. The van der Waals surface area contributed by atoms with Crippen LogP contribution in [0.2, 0.25) is 0 Å². The molecule has 0 N–H and O–H groups in total. The molecule has 1 saturated carbocycles. The fraction of sp³-hybridized carbons (Fsp3) is 0.326. The number of fused-ring (bicyclic) bond motifs is 4. The van der Waals surface area contributed by atoms with E-state index in [-0.39, 0.29) is 6.42 Å².